The summed E-state index contributed by atoms with van der Waals surface area (Å²) in [4.78, 5) is 27.5. The molecule has 1 aromatic heterocycles. The lowest BCUT2D eigenvalue weighted by molar-refractivity contribution is -0.136. The zero-order valence-electron chi connectivity index (χ0n) is 10.6. The number of aromatic nitrogens is 1. The summed E-state index contributed by atoms with van der Waals surface area (Å²) >= 11 is 1.52. The Bertz CT molecular complexity index is 449. The van der Waals surface area contributed by atoms with Gasteiger partial charge in [0.1, 0.15) is 0 Å². The van der Waals surface area contributed by atoms with Crippen molar-refractivity contribution in [2.24, 2.45) is 0 Å². The van der Waals surface area contributed by atoms with E-state index in [1.54, 1.807) is 0 Å². The molecule has 104 valence electrons. The SMILES string of the molecule is O=C(O)CCNC(=O)Nc1nc2c(s1)CCCCC2. The van der Waals surface area contributed by atoms with Gasteiger partial charge in [0.05, 0.1) is 12.1 Å². The monoisotopic (exact) mass is 283 g/mol. The summed E-state index contributed by atoms with van der Waals surface area (Å²) in [6.07, 6.45) is 5.51. The van der Waals surface area contributed by atoms with Gasteiger partial charge >= 0.3 is 12.0 Å². The molecule has 0 atom stereocenters. The zero-order valence-corrected chi connectivity index (χ0v) is 11.4. The Kier molecular flexibility index (Phi) is 4.73. The molecule has 0 saturated heterocycles. The summed E-state index contributed by atoms with van der Waals surface area (Å²) in [6.45, 7) is 0.117. The van der Waals surface area contributed by atoms with Gasteiger partial charge in [-0.15, -0.1) is 11.3 Å². The van der Waals surface area contributed by atoms with Crippen molar-refractivity contribution in [3.63, 3.8) is 0 Å². The van der Waals surface area contributed by atoms with Crippen molar-refractivity contribution in [3.05, 3.63) is 10.6 Å². The lowest BCUT2D eigenvalue weighted by atomic mass is 10.2. The number of carboxylic acids is 1. The van der Waals surface area contributed by atoms with Crippen LogP contribution >= 0.6 is 11.3 Å². The number of aliphatic carboxylic acids is 1. The number of nitrogens with zero attached hydrogens (tertiary/aromatic N) is 1. The zero-order chi connectivity index (χ0) is 13.7. The molecular formula is C12H17N3O3S. The molecule has 6 nitrogen and oxygen atoms in total. The van der Waals surface area contributed by atoms with E-state index in [9.17, 15) is 9.59 Å². The van der Waals surface area contributed by atoms with Crippen molar-refractivity contribution in [2.45, 2.75) is 38.5 Å². The number of anilines is 1. The summed E-state index contributed by atoms with van der Waals surface area (Å²) in [7, 11) is 0. The second-order valence-electron chi connectivity index (χ2n) is 4.47. The predicted molar refractivity (Wildman–Crippen MR) is 72.6 cm³/mol. The lowest BCUT2D eigenvalue weighted by Gasteiger charge is -2.03. The lowest BCUT2D eigenvalue weighted by Crippen LogP contribution is -2.30. The summed E-state index contributed by atoms with van der Waals surface area (Å²) < 4.78 is 0. The third kappa shape index (κ3) is 4.20. The maximum atomic E-state index is 11.5. The first-order chi connectivity index (χ1) is 9.15. The van der Waals surface area contributed by atoms with Crippen molar-refractivity contribution in [3.8, 4) is 0 Å². The Morgan fingerprint density at radius 3 is 2.84 bits per heavy atom. The van der Waals surface area contributed by atoms with Crippen molar-refractivity contribution in [1.29, 1.82) is 0 Å². The van der Waals surface area contributed by atoms with Crippen molar-refractivity contribution < 1.29 is 14.7 Å². The van der Waals surface area contributed by atoms with Crippen LogP contribution in [0.25, 0.3) is 0 Å². The van der Waals surface area contributed by atoms with Gasteiger partial charge in [-0.05, 0) is 25.7 Å². The molecule has 0 spiro atoms. The molecule has 0 radical (unpaired) electrons. The Labute approximate surface area is 115 Å². The van der Waals surface area contributed by atoms with Crippen LogP contribution in [0.5, 0.6) is 0 Å². The van der Waals surface area contributed by atoms with Gasteiger partial charge in [-0.2, -0.15) is 0 Å². The predicted octanol–water partition coefficient (Wildman–Crippen LogP) is 2.01. The number of amides is 2. The molecule has 7 heteroatoms. The second-order valence-corrected chi connectivity index (χ2v) is 5.56. The van der Waals surface area contributed by atoms with Gasteiger partial charge in [0.15, 0.2) is 5.13 Å². The molecule has 0 bridgehead atoms. The van der Waals surface area contributed by atoms with E-state index in [0.29, 0.717) is 5.13 Å². The number of carboxylic acid groups (broad SMARTS) is 1. The van der Waals surface area contributed by atoms with Crippen LogP contribution in [0.3, 0.4) is 0 Å². The minimum Gasteiger partial charge on any atom is -0.481 e. The van der Waals surface area contributed by atoms with Gasteiger partial charge in [-0.25, -0.2) is 9.78 Å². The highest BCUT2D eigenvalue weighted by atomic mass is 32.1. The number of hydrogen-bond acceptors (Lipinski definition) is 4. The van der Waals surface area contributed by atoms with Gasteiger partial charge in [0.2, 0.25) is 0 Å². The third-order valence-electron chi connectivity index (χ3n) is 2.94. The largest absolute Gasteiger partial charge is 0.481 e. The number of fused-ring (bicyclic) bond motifs is 1. The standard InChI is InChI=1S/C12H17N3O3S/c16-10(17)6-7-13-11(18)15-12-14-8-4-2-1-3-5-9(8)19-12/h1-7H2,(H,16,17)(H2,13,14,15,18). The number of nitrogens with one attached hydrogen (secondary N) is 2. The molecule has 1 aliphatic rings. The number of aryl methyl sites for hydroxylation is 2. The molecule has 2 amide bonds. The normalized spacial score (nSPS) is 14.3. The number of thiazole rings is 1. The first-order valence-electron chi connectivity index (χ1n) is 6.40. The van der Waals surface area contributed by atoms with Crippen LogP contribution in [-0.4, -0.2) is 28.6 Å². The Hall–Kier alpha value is -1.63. The summed E-state index contributed by atoms with van der Waals surface area (Å²) in [6, 6.07) is -0.398. The van der Waals surface area contributed by atoms with Gasteiger partial charge in [-0.1, -0.05) is 6.42 Å². The molecule has 0 fully saturated rings. The molecule has 0 unspecified atom stereocenters. The number of urea groups is 1. The smallest absolute Gasteiger partial charge is 0.321 e. The summed E-state index contributed by atoms with van der Waals surface area (Å²) in [5.41, 5.74) is 1.10. The molecule has 1 heterocycles. The highest BCUT2D eigenvalue weighted by Gasteiger charge is 2.15. The molecule has 0 aliphatic heterocycles. The first kappa shape index (κ1) is 13.8. The number of carbonyl (C=O) groups is 2. The minimum atomic E-state index is -0.929. The van der Waals surface area contributed by atoms with E-state index >= 15 is 0 Å². The van der Waals surface area contributed by atoms with Gasteiger partial charge in [0, 0.05) is 11.4 Å². The molecule has 3 N–H and O–H groups in total. The molecule has 2 rings (SSSR count). The molecule has 1 aliphatic carbocycles. The maximum Gasteiger partial charge on any atom is 0.321 e. The van der Waals surface area contributed by atoms with Crippen LogP contribution in [0, 0.1) is 0 Å². The number of hydrogen-bond donors (Lipinski definition) is 3. The topological polar surface area (TPSA) is 91.3 Å². The number of carbonyl (C=O) groups excluding carboxylic acids is 1. The van der Waals surface area contributed by atoms with E-state index < -0.39 is 12.0 Å². The fourth-order valence-electron chi connectivity index (χ4n) is 2.01. The summed E-state index contributed by atoms with van der Waals surface area (Å²) in [5, 5.41) is 14.2. The highest BCUT2D eigenvalue weighted by molar-refractivity contribution is 7.15. The van der Waals surface area contributed by atoms with Gasteiger partial charge in [-0.3, -0.25) is 10.1 Å². The number of rotatable bonds is 4. The minimum absolute atomic E-state index is 0.0816. The molecular weight excluding hydrogens is 266 g/mol. The van der Waals surface area contributed by atoms with E-state index in [2.05, 4.69) is 15.6 Å². The quantitative estimate of drug-likeness (QED) is 0.737. The molecule has 0 saturated carbocycles. The van der Waals surface area contributed by atoms with Crippen LogP contribution in [0.1, 0.15) is 36.3 Å². The molecule has 1 aromatic rings. The molecule has 0 aromatic carbocycles. The van der Waals surface area contributed by atoms with Gasteiger partial charge in [0.25, 0.3) is 0 Å². The third-order valence-corrected chi connectivity index (χ3v) is 4.01. The van der Waals surface area contributed by atoms with E-state index in [4.69, 9.17) is 5.11 Å². The fourth-order valence-corrected chi connectivity index (χ4v) is 3.05. The average Bonchev–Trinajstić information content (AvgIpc) is 2.58. The Morgan fingerprint density at radius 1 is 1.26 bits per heavy atom. The Morgan fingerprint density at radius 2 is 2.05 bits per heavy atom. The van der Waals surface area contributed by atoms with E-state index in [1.165, 1.54) is 29.1 Å². The Balaban J connectivity index is 1.85. The summed E-state index contributed by atoms with van der Waals surface area (Å²) in [5.74, 6) is -0.929. The van der Waals surface area contributed by atoms with Crippen LogP contribution in [0.15, 0.2) is 0 Å². The van der Waals surface area contributed by atoms with Gasteiger partial charge < -0.3 is 10.4 Å². The van der Waals surface area contributed by atoms with Crippen LogP contribution in [-0.2, 0) is 17.6 Å². The van der Waals surface area contributed by atoms with Crippen LogP contribution in [0.2, 0.25) is 0 Å². The fraction of sp³-hybridized carbons (Fsp3) is 0.583. The molecule has 19 heavy (non-hydrogen) atoms. The first-order valence-corrected chi connectivity index (χ1v) is 7.22. The van der Waals surface area contributed by atoms with Crippen molar-refractivity contribution in [2.75, 3.05) is 11.9 Å². The van der Waals surface area contributed by atoms with Crippen LogP contribution in [0.4, 0.5) is 9.93 Å². The van der Waals surface area contributed by atoms with Crippen LogP contribution < -0.4 is 10.6 Å². The van der Waals surface area contributed by atoms with E-state index in [-0.39, 0.29) is 13.0 Å². The van der Waals surface area contributed by atoms with E-state index in [1.807, 2.05) is 0 Å². The van der Waals surface area contributed by atoms with E-state index in [0.717, 1.165) is 25.0 Å². The average molecular weight is 283 g/mol. The maximum absolute atomic E-state index is 11.5. The highest BCUT2D eigenvalue weighted by Crippen LogP contribution is 2.28. The second kappa shape index (κ2) is 6.51. The van der Waals surface area contributed by atoms with Crippen molar-refractivity contribution in [1.82, 2.24) is 10.3 Å². The van der Waals surface area contributed by atoms with Crippen molar-refractivity contribution >= 4 is 28.5 Å².